The highest BCUT2D eigenvalue weighted by Gasteiger charge is 2.05. The number of benzene rings is 2. The summed E-state index contributed by atoms with van der Waals surface area (Å²) < 4.78 is 5.61. The zero-order valence-electron chi connectivity index (χ0n) is 9.99. The summed E-state index contributed by atoms with van der Waals surface area (Å²) in [5, 5.41) is 8.31. The molecule has 0 amide bonds. The normalized spacial score (nSPS) is 10.2. The van der Waals surface area contributed by atoms with E-state index in [1.807, 2.05) is 12.1 Å². The highest BCUT2D eigenvalue weighted by molar-refractivity contribution is 6.42. The molecule has 2 aromatic rings. The summed E-state index contributed by atoms with van der Waals surface area (Å²) in [5.74, 6) is 0.713. The van der Waals surface area contributed by atoms with Gasteiger partial charge >= 0.3 is 0 Å². The van der Waals surface area contributed by atoms with Gasteiger partial charge in [0.2, 0.25) is 0 Å². The molecule has 3 N–H and O–H groups in total. The maximum atomic E-state index is 7.30. The van der Waals surface area contributed by atoms with E-state index < -0.39 is 0 Å². The third-order valence-corrected chi connectivity index (χ3v) is 3.45. The fraction of sp³-hybridized carbons (Fsp3) is 0.0714. The Labute approximate surface area is 121 Å². The predicted octanol–water partition coefficient (Wildman–Crippen LogP) is 3.86. The van der Waals surface area contributed by atoms with Crippen LogP contribution in [0.5, 0.6) is 5.75 Å². The minimum Gasteiger partial charge on any atom is -0.489 e. The molecule has 0 saturated heterocycles. The van der Waals surface area contributed by atoms with E-state index in [1.54, 1.807) is 30.3 Å². The molecule has 5 heteroatoms. The number of amidine groups is 1. The number of hydrogen-bond acceptors (Lipinski definition) is 2. The molecule has 2 rings (SSSR count). The molecule has 0 aliphatic rings. The van der Waals surface area contributed by atoms with Gasteiger partial charge in [-0.05, 0) is 30.3 Å². The van der Waals surface area contributed by atoms with E-state index in [4.69, 9.17) is 39.1 Å². The lowest BCUT2D eigenvalue weighted by Crippen LogP contribution is -2.10. The predicted molar refractivity (Wildman–Crippen MR) is 78.3 cm³/mol. The van der Waals surface area contributed by atoms with Crippen LogP contribution in [0.4, 0.5) is 0 Å². The summed E-state index contributed by atoms with van der Waals surface area (Å²) in [6, 6.07) is 12.4. The highest BCUT2D eigenvalue weighted by atomic mass is 35.5. The average Bonchev–Trinajstić information content (AvgIpc) is 2.41. The lowest BCUT2D eigenvalue weighted by molar-refractivity contribution is 0.306. The molecular weight excluding hydrogens is 283 g/mol. The van der Waals surface area contributed by atoms with Crippen LogP contribution < -0.4 is 10.5 Å². The van der Waals surface area contributed by atoms with Crippen LogP contribution >= 0.6 is 23.2 Å². The van der Waals surface area contributed by atoms with Crippen LogP contribution in [-0.2, 0) is 6.61 Å². The van der Waals surface area contributed by atoms with E-state index in [0.29, 0.717) is 28.0 Å². The van der Waals surface area contributed by atoms with Crippen LogP contribution in [0.3, 0.4) is 0 Å². The number of rotatable bonds is 4. The lowest BCUT2D eigenvalue weighted by atomic mass is 10.2. The van der Waals surface area contributed by atoms with Crippen molar-refractivity contribution in [3.8, 4) is 5.75 Å². The van der Waals surface area contributed by atoms with Crippen molar-refractivity contribution in [1.29, 1.82) is 5.41 Å². The van der Waals surface area contributed by atoms with Gasteiger partial charge in [-0.3, -0.25) is 5.41 Å². The summed E-state index contributed by atoms with van der Waals surface area (Å²) in [7, 11) is 0. The Morgan fingerprint density at radius 1 is 1.11 bits per heavy atom. The molecule has 3 nitrogen and oxygen atoms in total. The summed E-state index contributed by atoms with van der Waals surface area (Å²) in [6.45, 7) is 0.332. The van der Waals surface area contributed by atoms with Crippen LogP contribution in [-0.4, -0.2) is 5.84 Å². The van der Waals surface area contributed by atoms with Crippen LogP contribution in [0.1, 0.15) is 11.1 Å². The Hall–Kier alpha value is -1.71. The molecule has 0 aliphatic heterocycles. The monoisotopic (exact) mass is 294 g/mol. The largest absolute Gasteiger partial charge is 0.489 e. The molecule has 0 radical (unpaired) electrons. The molecular formula is C14H12Cl2N2O. The van der Waals surface area contributed by atoms with E-state index in [2.05, 4.69) is 0 Å². The second-order valence-electron chi connectivity index (χ2n) is 3.94. The number of halogens is 2. The number of nitrogen functional groups attached to an aromatic ring is 1. The highest BCUT2D eigenvalue weighted by Crippen LogP contribution is 2.26. The topological polar surface area (TPSA) is 59.1 Å². The molecule has 0 aromatic heterocycles. The minimum atomic E-state index is 0.0319. The van der Waals surface area contributed by atoms with Gasteiger partial charge in [0.15, 0.2) is 0 Å². The second-order valence-corrected chi connectivity index (χ2v) is 4.72. The first-order valence-electron chi connectivity index (χ1n) is 5.58. The quantitative estimate of drug-likeness (QED) is 0.664. The van der Waals surface area contributed by atoms with Crippen molar-refractivity contribution in [1.82, 2.24) is 0 Å². The van der Waals surface area contributed by atoms with E-state index in [1.165, 1.54) is 0 Å². The fourth-order valence-electron chi connectivity index (χ4n) is 1.55. The van der Waals surface area contributed by atoms with Gasteiger partial charge < -0.3 is 10.5 Å². The van der Waals surface area contributed by atoms with Crippen molar-refractivity contribution < 1.29 is 4.74 Å². The van der Waals surface area contributed by atoms with Crippen LogP contribution in [0.15, 0.2) is 42.5 Å². The Balaban J connectivity index is 2.06. The van der Waals surface area contributed by atoms with Gasteiger partial charge in [-0.2, -0.15) is 0 Å². The number of hydrogen-bond donors (Lipinski definition) is 2. The summed E-state index contributed by atoms with van der Waals surface area (Å²) >= 11 is 12.0. The SMILES string of the molecule is N=C(N)c1ccc(OCc2cccc(Cl)c2Cl)cc1. The molecule has 98 valence electrons. The second kappa shape index (κ2) is 5.95. The van der Waals surface area contributed by atoms with Crippen molar-refractivity contribution in [3.63, 3.8) is 0 Å². The summed E-state index contributed by atoms with van der Waals surface area (Å²) in [4.78, 5) is 0. The molecule has 0 bridgehead atoms. The number of nitrogens with two attached hydrogens (primary N) is 1. The lowest BCUT2D eigenvalue weighted by Gasteiger charge is -2.09. The fourth-order valence-corrected chi connectivity index (χ4v) is 1.93. The first-order valence-corrected chi connectivity index (χ1v) is 6.33. The molecule has 0 saturated carbocycles. The van der Waals surface area contributed by atoms with Gasteiger partial charge in [0.05, 0.1) is 10.0 Å². The van der Waals surface area contributed by atoms with E-state index >= 15 is 0 Å². The smallest absolute Gasteiger partial charge is 0.122 e. The average molecular weight is 295 g/mol. The Morgan fingerprint density at radius 2 is 1.79 bits per heavy atom. The van der Waals surface area contributed by atoms with Gasteiger partial charge in [-0.25, -0.2) is 0 Å². The number of nitrogens with one attached hydrogen (secondary N) is 1. The first-order chi connectivity index (χ1) is 9.08. The zero-order valence-corrected chi connectivity index (χ0v) is 11.5. The van der Waals surface area contributed by atoms with Crippen LogP contribution in [0.25, 0.3) is 0 Å². The van der Waals surface area contributed by atoms with E-state index in [9.17, 15) is 0 Å². The summed E-state index contributed by atoms with van der Waals surface area (Å²) in [5.41, 5.74) is 6.86. The molecule has 0 heterocycles. The van der Waals surface area contributed by atoms with Crippen molar-refractivity contribution in [2.75, 3.05) is 0 Å². The van der Waals surface area contributed by atoms with Gasteiger partial charge in [0, 0.05) is 11.1 Å². The standard InChI is InChI=1S/C14H12Cl2N2O/c15-12-3-1-2-10(13(12)16)8-19-11-6-4-9(5-7-11)14(17)18/h1-7H,8H2,(H3,17,18). The third-order valence-electron chi connectivity index (χ3n) is 2.59. The first kappa shape index (κ1) is 13.7. The van der Waals surface area contributed by atoms with Crippen LogP contribution in [0.2, 0.25) is 10.0 Å². The van der Waals surface area contributed by atoms with E-state index in [0.717, 1.165) is 5.56 Å². The maximum absolute atomic E-state index is 7.30. The van der Waals surface area contributed by atoms with Crippen molar-refractivity contribution in [2.45, 2.75) is 6.61 Å². The summed E-state index contributed by atoms with van der Waals surface area (Å²) in [6.07, 6.45) is 0. The van der Waals surface area contributed by atoms with E-state index in [-0.39, 0.29) is 5.84 Å². The van der Waals surface area contributed by atoms with Gasteiger partial charge in [-0.1, -0.05) is 35.3 Å². The van der Waals surface area contributed by atoms with Gasteiger partial charge in [-0.15, -0.1) is 0 Å². The minimum absolute atomic E-state index is 0.0319. The number of ether oxygens (including phenoxy) is 1. The van der Waals surface area contributed by atoms with Gasteiger partial charge in [0.25, 0.3) is 0 Å². The molecule has 2 aromatic carbocycles. The Morgan fingerprint density at radius 3 is 2.42 bits per heavy atom. The van der Waals surface area contributed by atoms with Crippen molar-refractivity contribution in [2.24, 2.45) is 5.73 Å². The molecule has 0 unspecified atom stereocenters. The van der Waals surface area contributed by atoms with Gasteiger partial charge in [0.1, 0.15) is 18.2 Å². The van der Waals surface area contributed by atoms with Crippen molar-refractivity contribution in [3.05, 3.63) is 63.6 Å². The Kier molecular flexibility index (Phi) is 4.30. The van der Waals surface area contributed by atoms with Crippen LogP contribution in [0, 0.1) is 5.41 Å². The molecule has 0 spiro atoms. The van der Waals surface area contributed by atoms with Crippen molar-refractivity contribution >= 4 is 29.0 Å². The molecule has 0 fully saturated rings. The molecule has 19 heavy (non-hydrogen) atoms. The Bertz CT molecular complexity index is 597. The molecule has 0 aliphatic carbocycles. The third kappa shape index (κ3) is 3.40. The maximum Gasteiger partial charge on any atom is 0.122 e. The zero-order chi connectivity index (χ0) is 13.8. The molecule has 0 atom stereocenters.